The molecule has 0 aromatic heterocycles. The van der Waals surface area contributed by atoms with Crippen LogP contribution in [0.25, 0.3) is 0 Å². The molecule has 0 saturated carbocycles. The molecule has 0 heterocycles. The first-order valence-corrected chi connectivity index (χ1v) is 8.74. The topological polar surface area (TPSA) is 46.2 Å². The van der Waals surface area contributed by atoms with Crippen LogP contribution in [0.15, 0.2) is 34.1 Å². The summed E-state index contributed by atoms with van der Waals surface area (Å²) in [7, 11) is -3.09. The molecule has 0 unspecified atom stereocenters. The van der Waals surface area contributed by atoms with Crippen molar-refractivity contribution in [3.63, 3.8) is 0 Å². The Labute approximate surface area is 114 Å². The molecule has 1 aromatic rings. The summed E-state index contributed by atoms with van der Waals surface area (Å²) < 4.78 is 22.6. The molecule has 5 heteroatoms. The summed E-state index contributed by atoms with van der Waals surface area (Å²) in [6.07, 6.45) is 1.22. The van der Waals surface area contributed by atoms with E-state index in [9.17, 15) is 8.42 Å². The van der Waals surface area contributed by atoms with Crippen molar-refractivity contribution in [2.24, 2.45) is 0 Å². The van der Waals surface area contributed by atoms with Gasteiger partial charge in [-0.3, -0.25) is 0 Å². The lowest BCUT2D eigenvalue weighted by Gasteiger charge is -2.20. The van der Waals surface area contributed by atoms with Crippen molar-refractivity contribution in [2.45, 2.75) is 36.1 Å². The Balaban J connectivity index is 2.45. The zero-order valence-corrected chi connectivity index (χ0v) is 13.0. The number of hydrogen-bond donors (Lipinski definition) is 1. The minimum absolute atomic E-state index is 0.140. The monoisotopic (exact) mass is 287 g/mol. The molecule has 102 valence electrons. The number of nitrogens with one attached hydrogen (secondary N) is 1. The Bertz CT molecular complexity index is 473. The van der Waals surface area contributed by atoms with Crippen molar-refractivity contribution in [3.05, 3.63) is 24.3 Å². The average Bonchev–Trinajstić information content (AvgIpc) is 2.22. The maximum absolute atomic E-state index is 11.3. The third-order valence-corrected chi connectivity index (χ3v) is 4.42. The van der Waals surface area contributed by atoms with Crippen LogP contribution in [0.2, 0.25) is 0 Å². The van der Waals surface area contributed by atoms with Crippen LogP contribution in [0.1, 0.15) is 20.8 Å². The van der Waals surface area contributed by atoms with Crippen LogP contribution in [0.4, 0.5) is 0 Å². The van der Waals surface area contributed by atoms with Gasteiger partial charge in [-0.25, -0.2) is 8.42 Å². The second kappa shape index (κ2) is 6.08. The Hall–Kier alpha value is -0.520. The fraction of sp³-hybridized carbons (Fsp3) is 0.538. The Morgan fingerprint density at radius 1 is 1.17 bits per heavy atom. The molecule has 0 aliphatic rings. The molecule has 18 heavy (non-hydrogen) atoms. The third-order valence-electron chi connectivity index (χ3n) is 2.28. The van der Waals surface area contributed by atoms with Gasteiger partial charge in [-0.15, -0.1) is 11.8 Å². The lowest BCUT2D eigenvalue weighted by Crippen LogP contribution is -2.37. The van der Waals surface area contributed by atoms with Crippen molar-refractivity contribution < 1.29 is 8.42 Å². The van der Waals surface area contributed by atoms with E-state index in [0.29, 0.717) is 4.90 Å². The van der Waals surface area contributed by atoms with Gasteiger partial charge in [0.2, 0.25) is 0 Å². The molecule has 0 fully saturated rings. The fourth-order valence-corrected chi connectivity index (χ4v) is 2.78. The van der Waals surface area contributed by atoms with E-state index in [1.54, 1.807) is 23.9 Å². The second-order valence-electron chi connectivity index (χ2n) is 5.27. The van der Waals surface area contributed by atoms with E-state index >= 15 is 0 Å². The van der Waals surface area contributed by atoms with Gasteiger partial charge in [-0.2, -0.15) is 0 Å². The molecule has 0 bridgehead atoms. The van der Waals surface area contributed by atoms with Crippen LogP contribution in [-0.4, -0.2) is 32.5 Å². The molecule has 0 aliphatic carbocycles. The largest absolute Gasteiger partial charge is 0.311 e. The molecule has 1 aromatic carbocycles. The molecule has 1 N–H and O–H groups in total. The summed E-state index contributed by atoms with van der Waals surface area (Å²) in [6.45, 7) is 7.34. The average molecular weight is 287 g/mol. The van der Waals surface area contributed by atoms with E-state index < -0.39 is 9.84 Å². The van der Waals surface area contributed by atoms with Gasteiger partial charge >= 0.3 is 0 Å². The summed E-state index contributed by atoms with van der Waals surface area (Å²) in [5.74, 6) is 0.968. The summed E-state index contributed by atoms with van der Waals surface area (Å²) in [6, 6.07) is 7.04. The predicted molar refractivity (Wildman–Crippen MR) is 78.0 cm³/mol. The molecule has 0 spiro atoms. The molecular formula is C13H21NO2S2. The third kappa shape index (κ3) is 5.89. The molecule has 0 saturated heterocycles. The summed E-state index contributed by atoms with van der Waals surface area (Å²) in [5.41, 5.74) is 0.140. The van der Waals surface area contributed by atoms with Crippen LogP contribution in [0.3, 0.4) is 0 Å². The standard InChI is InChI=1S/C13H21NO2S2/c1-13(2,3)14-9-10-17-11-5-7-12(8-6-11)18(4,15)16/h5-8,14H,9-10H2,1-4H3. The molecule has 0 atom stereocenters. The van der Waals surface area contributed by atoms with E-state index in [1.165, 1.54) is 6.26 Å². The smallest absolute Gasteiger partial charge is 0.175 e. The number of sulfone groups is 1. The van der Waals surface area contributed by atoms with Crippen LogP contribution in [0.5, 0.6) is 0 Å². The maximum Gasteiger partial charge on any atom is 0.175 e. The SMILES string of the molecule is CC(C)(C)NCCSc1ccc(S(C)(=O)=O)cc1. The minimum Gasteiger partial charge on any atom is -0.311 e. The van der Waals surface area contributed by atoms with E-state index in [2.05, 4.69) is 26.1 Å². The highest BCUT2D eigenvalue weighted by Crippen LogP contribution is 2.19. The first-order valence-electron chi connectivity index (χ1n) is 5.86. The molecule has 0 amide bonds. The molecule has 3 nitrogen and oxygen atoms in total. The first kappa shape index (κ1) is 15.5. The van der Waals surface area contributed by atoms with Gasteiger partial charge in [0, 0.05) is 29.0 Å². The Morgan fingerprint density at radius 2 is 1.72 bits per heavy atom. The highest BCUT2D eigenvalue weighted by Gasteiger charge is 2.08. The van der Waals surface area contributed by atoms with E-state index in [0.717, 1.165) is 17.2 Å². The quantitative estimate of drug-likeness (QED) is 0.668. The van der Waals surface area contributed by atoms with Gasteiger partial charge in [-0.05, 0) is 45.0 Å². The van der Waals surface area contributed by atoms with Crippen molar-refractivity contribution in [1.29, 1.82) is 0 Å². The number of rotatable bonds is 5. The Kier molecular flexibility index (Phi) is 5.25. The predicted octanol–water partition coefficient (Wildman–Crippen LogP) is 2.57. The lowest BCUT2D eigenvalue weighted by atomic mass is 10.1. The van der Waals surface area contributed by atoms with Crippen LogP contribution < -0.4 is 5.32 Å². The molecular weight excluding hydrogens is 266 g/mol. The zero-order valence-electron chi connectivity index (χ0n) is 11.4. The van der Waals surface area contributed by atoms with Gasteiger partial charge in [0.05, 0.1) is 4.90 Å². The number of benzene rings is 1. The normalized spacial score (nSPS) is 12.7. The maximum atomic E-state index is 11.3. The number of hydrogen-bond acceptors (Lipinski definition) is 4. The fourth-order valence-electron chi connectivity index (χ4n) is 1.38. The lowest BCUT2D eigenvalue weighted by molar-refractivity contribution is 0.441. The number of thioether (sulfide) groups is 1. The highest BCUT2D eigenvalue weighted by molar-refractivity contribution is 7.99. The van der Waals surface area contributed by atoms with E-state index in [4.69, 9.17) is 0 Å². The first-order chi connectivity index (χ1) is 8.18. The van der Waals surface area contributed by atoms with Crippen molar-refractivity contribution in [1.82, 2.24) is 5.32 Å². The van der Waals surface area contributed by atoms with E-state index in [1.807, 2.05) is 12.1 Å². The van der Waals surface area contributed by atoms with Crippen LogP contribution in [-0.2, 0) is 9.84 Å². The van der Waals surface area contributed by atoms with Gasteiger partial charge in [0.25, 0.3) is 0 Å². The van der Waals surface area contributed by atoms with Gasteiger partial charge in [0.1, 0.15) is 0 Å². The summed E-state index contributed by atoms with van der Waals surface area (Å²) in [4.78, 5) is 1.47. The van der Waals surface area contributed by atoms with Crippen molar-refractivity contribution in [3.8, 4) is 0 Å². The zero-order chi connectivity index (χ0) is 13.8. The molecule has 1 rings (SSSR count). The summed E-state index contributed by atoms with van der Waals surface area (Å²) in [5, 5.41) is 3.41. The molecule has 0 aliphatic heterocycles. The highest BCUT2D eigenvalue weighted by atomic mass is 32.2. The van der Waals surface area contributed by atoms with E-state index in [-0.39, 0.29) is 5.54 Å². The second-order valence-corrected chi connectivity index (χ2v) is 8.45. The summed E-state index contributed by atoms with van der Waals surface area (Å²) >= 11 is 1.72. The van der Waals surface area contributed by atoms with Gasteiger partial charge < -0.3 is 5.32 Å². The van der Waals surface area contributed by atoms with Crippen LogP contribution in [0, 0.1) is 0 Å². The Morgan fingerprint density at radius 3 is 2.17 bits per heavy atom. The minimum atomic E-state index is -3.09. The van der Waals surface area contributed by atoms with Gasteiger partial charge in [-0.1, -0.05) is 0 Å². The van der Waals surface area contributed by atoms with Crippen LogP contribution >= 0.6 is 11.8 Å². The molecule has 0 radical (unpaired) electrons. The van der Waals surface area contributed by atoms with Crippen molar-refractivity contribution in [2.75, 3.05) is 18.6 Å². The van der Waals surface area contributed by atoms with Crippen molar-refractivity contribution >= 4 is 21.6 Å². The van der Waals surface area contributed by atoms with Gasteiger partial charge in [0.15, 0.2) is 9.84 Å².